The lowest BCUT2D eigenvalue weighted by atomic mass is 10.1. The SMILES string of the molecule is CCCNC(CO)CN(C)c1cc(C)cc(C)c1. The first-order valence-corrected chi connectivity index (χ1v) is 6.70. The number of aliphatic hydroxyl groups is 1. The summed E-state index contributed by atoms with van der Waals surface area (Å²) >= 11 is 0. The van der Waals surface area contributed by atoms with E-state index >= 15 is 0 Å². The fourth-order valence-electron chi connectivity index (χ4n) is 2.14. The largest absolute Gasteiger partial charge is 0.395 e. The standard InChI is InChI=1S/C15H26N2O/c1-5-6-16-14(11-18)10-17(4)15-8-12(2)7-13(3)9-15/h7-9,14,16,18H,5-6,10-11H2,1-4H3. The molecule has 0 amide bonds. The van der Waals surface area contributed by atoms with E-state index in [0.29, 0.717) is 0 Å². The average Bonchev–Trinajstić information content (AvgIpc) is 2.32. The van der Waals surface area contributed by atoms with Crippen LogP contribution in [0.5, 0.6) is 0 Å². The van der Waals surface area contributed by atoms with Gasteiger partial charge >= 0.3 is 0 Å². The number of hydrogen-bond donors (Lipinski definition) is 2. The summed E-state index contributed by atoms with van der Waals surface area (Å²) in [4.78, 5) is 2.20. The van der Waals surface area contributed by atoms with Crippen LogP contribution in [0.3, 0.4) is 0 Å². The number of rotatable bonds is 7. The van der Waals surface area contributed by atoms with Crippen LogP contribution in [0.2, 0.25) is 0 Å². The van der Waals surface area contributed by atoms with Gasteiger partial charge in [-0.05, 0) is 50.1 Å². The molecule has 18 heavy (non-hydrogen) atoms. The van der Waals surface area contributed by atoms with Crippen LogP contribution in [0.15, 0.2) is 18.2 Å². The van der Waals surface area contributed by atoms with E-state index in [-0.39, 0.29) is 12.6 Å². The molecule has 0 bridgehead atoms. The van der Waals surface area contributed by atoms with Crippen molar-refractivity contribution < 1.29 is 5.11 Å². The molecular formula is C15H26N2O. The van der Waals surface area contributed by atoms with Crippen LogP contribution in [0.1, 0.15) is 24.5 Å². The number of aliphatic hydroxyl groups excluding tert-OH is 1. The molecule has 0 aliphatic heterocycles. The van der Waals surface area contributed by atoms with Crippen molar-refractivity contribution in [3.8, 4) is 0 Å². The Labute approximate surface area is 111 Å². The Morgan fingerprint density at radius 1 is 1.22 bits per heavy atom. The molecule has 0 aromatic heterocycles. The molecule has 0 saturated carbocycles. The predicted molar refractivity (Wildman–Crippen MR) is 78.4 cm³/mol. The third kappa shape index (κ3) is 4.67. The van der Waals surface area contributed by atoms with Gasteiger partial charge in [0, 0.05) is 25.3 Å². The maximum atomic E-state index is 9.37. The Morgan fingerprint density at radius 2 is 1.83 bits per heavy atom. The molecule has 3 nitrogen and oxygen atoms in total. The summed E-state index contributed by atoms with van der Waals surface area (Å²) in [5.41, 5.74) is 3.77. The minimum atomic E-state index is 0.135. The Bertz CT molecular complexity index is 345. The molecule has 0 radical (unpaired) electrons. The second-order valence-corrected chi connectivity index (χ2v) is 5.06. The summed E-state index contributed by atoms with van der Waals surface area (Å²) in [5, 5.41) is 12.7. The zero-order valence-corrected chi connectivity index (χ0v) is 12.0. The van der Waals surface area contributed by atoms with Crippen LogP contribution >= 0.6 is 0 Å². The molecule has 0 spiro atoms. The summed E-state index contributed by atoms with van der Waals surface area (Å²) < 4.78 is 0. The first-order valence-electron chi connectivity index (χ1n) is 6.70. The van der Waals surface area contributed by atoms with Gasteiger partial charge in [-0.25, -0.2) is 0 Å². The normalized spacial score (nSPS) is 12.5. The van der Waals surface area contributed by atoms with Gasteiger partial charge in [0.05, 0.1) is 6.61 Å². The van der Waals surface area contributed by atoms with E-state index in [2.05, 4.69) is 56.2 Å². The molecule has 0 aliphatic rings. The number of nitrogens with one attached hydrogen (secondary N) is 1. The van der Waals surface area contributed by atoms with Crippen LogP contribution < -0.4 is 10.2 Å². The Kier molecular flexibility index (Phi) is 6.16. The van der Waals surface area contributed by atoms with E-state index in [0.717, 1.165) is 19.5 Å². The zero-order chi connectivity index (χ0) is 13.5. The van der Waals surface area contributed by atoms with Crippen LogP contribution in [0.4, 0.5) is 5.69 Å². The summed E-state index contributed by atoms with van der Waals surface area (Å²) in [6.45, 7) is 8.31. The third-order valence-electron chi connectivity index (χ3n) is 3.04. The molecule has 102 valence electrons. The first-order chi connectivity index (χ1) is 8.56. The van der Waals surface area contributed by atoms with Gasteiger partial charge in [-0.15, -0.1) is 0 Å². The smallest absolute Gasteiger partial charge is 0.0601 e. The highest BCUT2D eigenvalue weighted by molar-refractivity contribution is 5.50. The average molecular weight is 250 g/mol. The maximum absolute atomic E-state index is 9.37. The van der Waals surface area contributed by atoms with Crippen LogP contribution in [-0.4, -0.2) is 37.9 Å². The van der Waals surface area contributed by atoms with Crippen molar-refractivity contribution in [3.05, 3.63) is 29.3 Å². The monoisotopic (exact) mass is 250 g/mol. The molecule has 1 aromatic carbocycles. The topological polar surface area (TPSA) is 35.5 Å². The van der Waals surface area contributed by atoms with Crippen molar-refractivity contribution in [3.63, 3.8) is 0 Å². The van der Waals surface area contributed by atoms with Gasteiger partial charge < -0.3 is 15.3 Å². The van der Waals surface area contributed by atoms with E-state index in [9.17, 15) is 5.11 Å². The number of aryl methyl sites for hydroxylation is 2. The predicted octanol–water partition coefficient (Wildman–Crippen LogP) is 2.10. The van der Waals surface area contributed by atoms with E-state index in [1.807, 2.05) is 0 Å². The van der Waals surface area contributed by atoms with Crippen molar-refractivity contribution in [1.29, 1.82) is 0 Å². The van der Waals surface area contributed by atoms with E-state index < -0.39 is 0 Å². The fourth-order valence-corrected chi connectivity index (χ4v) is 2.14. The van der Waals surface area contributed by atoms with Crippen molar-refractivity contribution in [2.24, 2.45) is 0 Å². The molecule has 1 rings (SSSR count). The summed E-state index contributed by atoms with van der Waals surface area (Å²) in [7, 11) is 2.07. The van der Waals surface area contributed by atoms with Gasteiger partial charge in [-0.2, -0.15) is 0 Å². The number of benzene rings is 1. The minimum absolute atomic E-state index is 0.135. The second kappa shape index (κ2) is 7.39. The number of hydrogen-bond acceptors (Lipinski definition) is 3. The molecule has 3 heteroatoms. The summed E-state index contributed by atoms with van der Waals surface area (Å²) in [6, 6.07) is 6.68. The van der Waals surface area contributed by atoms with Crippen molar-refractivity contribution >= 4 is 5.69 Å². The maximum Gasteiger partial charge on any atom is 0.0601 e. The molecule has 1 atom stereocenters. The van der Waals surface area contributed by atoms with E-state index in [1.54, 1.807) is 0 Å². The van der Waals surface area contributed by atoms with Crippen LogP contribution in [-0.2, 0) is 0 Å². The fraction of sp³-hybridized carbons (Fsp3) is 0.600. The Balaban J connectivity index is 2.65. The van der Waals surface area contributed by atoms with Crippen LogP contribution in [0, 0.1) is 13.8 Å². The Morgan fingerprint density at radius 3 is 2.33 bits per heavy atom. The quantitative estimate of drug-likeness (QED) is 0.778. The molecule has 0 saturated heterocycles. The molecule has 2 N–H and O–H groups in total. The summed E-state index contributed by atoms with van der Waals surface area (Å²) in [6.07, 6.45) is 1.09. The molecule has 0 heterocycles. The van der Waals surface area contributed by atoms with Gasteiger partial charge in [-0.3, -0.25) is 0 Å². The lowest BCUT2D eigenvalue weighted by Crippen LogP contribution is -2.42. The molecule has 0 aliphatic carbocycles. The van der Waals surface area contributed by atoms with Gasteiger partial charge in [0.2, 0.25) is 0 Å². The minimum Gasteiger partial charge on any atom is -0.395 e. The van der Waals surface area contributed by atoms with Gasteiger partial charge in [0.25, 0.3) is 0 Å². The molecular weight excluding hydrogens is 224 g/mol. The summed E-state index contributed by atoms with van der Waals surface area (Å²) in [5.74, 6) is 0. The number of anilines is 1. The van der Waals surface area contributed by atoms with Gasteiger partial charge in [0.1, 0.15) is 0 Å². The van der Waals surface area contributed by atoms with Crippen LogP contribution in [0.25, 0.3) is 0 Å². The first kappa shape index (κ1) is 15.0. The highest BCUT2D eigenvalue weighted by Gasteiger charge is 2.10. The van der Waals surface area contributed by atoms with Crippen molar-refractivity contribution in [1.82, 2.24) is 5.32 Å². The van der Waals surface area contributed by atoms with Gasteiger partial charge in [0.15, 0.2) is 0 Å². The Hall–Kier alpha value is -1.06. The number of nitrogens with zero attached hydrogens (tertiary/aromatic N) is 1. The number of likely N-dealkylation sites (N-methyl/N-ethyl adjacent to an activating group) is 1. The zero-order valence-electron chi connectivity index (χ0n) is 12.0. The second-order valence-electron chi connectivity index (χ2n) is 5.06. The molecule has 1 unspecified atom stereocenters. The van der Waals surface area contributed by atoms with Crippen molar-refractivity contribution in [2.75, 3.05) is 31.6 Å². The van der Waals surface area contributed by atoms with E-state index in [4.69, 9.17) is 0 Å². The lowest BCUT2D eigenvalue weighted by Gasteiger charge is -2.26. The van der Waals surface area contributed by atoms with Crippen molar-refractivity contribution in [2.45, 2.75) is 33.2 Å². The highest BCUT2D eigenvalue weighted by atomic mass is 16.3. The molecule has 0 fully saturated rings. The lowest BCUT2D eigenvalue weighted by molar-refractivity contribution is 0.245. The highest BCUT2D eigenvalue weighted by Crippen LogP contribution is 2.17. The van der Waals surface area contributed by atoms with Gasteiger partial charge in [-0.1, -0.05) is 13.0 Å². The molecule has 1 aromatic rings. The third-order valence-corrected chi connectivity index (χ3v) is 3.04. The van der Waals surface area contributed by atoms with E-state index in [1.165, 1.54) is 16.8 Å².